The Hall–Kier alpha value is -0.210. The van der Waals surface area contributed by atoms with Crippen molar-refractivity contribution in [3.05, 3.63) is 0 Å². The third-order valence-corrected chi connectivity index (χ3v) is 5.64. The molecule has 1 saturated heterocycles. The molecule has 6 nitrogen and oxygen atoms in total. The second-order valence-corrected chi connectivity index (χ2v) is 7.31. The average Bonchev–Trinajstić information content (AvgIpc) is 2.44. The van der Waals surface area contributed by atoms with Gasteiger partial charge in [-0.25, -0.2) is 0 Å². The highest BCUT2D eigenvalue weighted by molar-refractivity contribution is 7.87. The molecule has 1 aliphatic heterocycles. The van der Waals surface area contributed by atoms with Gasteiger partial charge in [-0.2, -0.15) is 17.4 Å². The number of nitrogens with one attached hydrogen (secondary N) is 1. The number of likely N-dealkylation sites (N-methyl/N-ethyl adjacent to an activating group) is 1. The van der Waals surface area contributed by atoms with E-state index in [9.17, 15) is 8.42 Å². The van der Waals surface area contributed by atoms with E-state index in [-0.39, 0.29) is 6.04 Å². The highest BCUT2D eigenvalue weighted by Gasteiger charge is 2.29. The van der Waals surface area contributed by atoms with Gasteiger partial charge in [-0.05, 0) is 45.3 Å². The van der Waals surface area contributed by atoms with Crippen LogP contribution >= 0.6 is 0 Å². The minimum Gasteiger partial charge on any atom is -0.330 e. The molecule has 7 heteroatoms. The van der Waals surface area contributed by atoms with Gasteiger partial charge in [0.25, 0.3) is 10.2 Å². The second-order valence-electron chi connectivity index (χ2n) is 5.61. The first-order valence-corrected chi connectivity index (χ1v) is 9.06. The minimum absolute atomic E-state index is 0.0850. The van der Waals surface area contributed by atoms with E-state index >= 15 is 0 Å². The summed E-state index contributed by atoms with van der Waals surface area (Å²) in [4.78, 5) is 2.21. The van der Waals surface area contributed by atoms with E-state index in [4.69, 9.17) is 5.73 Å². The molecular formula is C13H30N4O2S. The highest BCUT2D eigenvalue weighted by Crippen LogP contribution is 2.17. The number of piperidine rings is 1. The van der Waals surface area contributed by atoms with Crippen LogP contribution in [0, 0.1) is 5.92 Å². The number of rotatable bonds is 8. The van der Waals surface area contributed by atoms with Crippen LogP contribution in [0.4, 0.5) is 0 Å². The standard InChI is InChI=1S/C13H30N4O2S/c1-4-16(5-2)10-12(3)15-20(18,19)17-8-6-7-13(9-14)11-17/h12-13,15H,4-11,14H2,1-3H3. The predicted molar refractivity (Wildman–Crippen MR) is 82.7 cm³/mol. The van der Waals surface area contributed by atoms with Gasteiger partial charge >= 0.3 is 0 Å². The van der Waals surface area contributed by atoms with Gasteiger partial charge in [-0.15, -0.1) is 0 Å². The summed E-state index contributed by atoms with van der Waals surface area (Å²) >= 11 is 0. The number of nitrogens with zero attached hydrogens (tertiary/aromatic N) is 2. The average molecular weight is 306 g/mol. The summed E-state index contributed by atoms with van der Waals surface area (Å²) in [6.07, 6.45) is 1.92. The molecule has 0 radical (unpaired) electrons. The summed E-state index contributed by atoms with van der Waals surface area (Å²) in [5, 5.41) is 0. The Morgan fingerprint density at radius 1 is 1.40 bits per heavy atom. The molecule has 1 aliphatic rings. The smallest absolute Gasteiger partial charge is 0.279 e. The summed E-state index contributed by atoms with van der Waals surface area (Å²) < 4.78 is 29.1. The largest absolute Gasteiger partial charge is 0.330 e. The molecule has 0 aromatic rings. The maximum absolute atomic E-state index is 12.4. The van der Waals surface area contributed by atoms with Gasteiger partial charge in [0.05, 0.1) is 0 Å². The van der Waals surface area contributed by atoms with Crippen LogP contribution in [0.25, 0.3) is 0 Å². The predicted octanol–water partition coefficient (Wildman–Crippen LogP) is 0.222. The summed E-state index contributed by atoms with van der Waals surface area (Å²) in [6, 6.07) is -0.0850. The molecule has 0 bridgehead atoms. The van der Waals surface area contributed by atoms with Gasteiger partial charge < -0.3 is 10.6 Å². The Balaban J connectivity index is 2.55. The molecule has 3 N–H and O–H groups in total. The Morgan fingerprint density at radius 2 is 2.05 bits per heavy atom. The van der Waals surface area contributed by atoms with E-state index < -0.39 is 10.2 Å². The topological polar surface area (TPSA) is 78.7 Å². The fourth-order valence-electron chi connectivity index (χ4n) is 2.67. The van der Waals surface area contributed by atoms with Gasteiger partial charge in [-0.1, -0.05) is 13.8 Å². The molecule has 1 rings (SSSR count). The van der Waals surface area contributed by atoms with E-state index in [1.54, 1.807) is 4.31 Å². The lowest BCUT2D eigenvalue weighted by Crippen LogP contribution is -2.51. The lowest BCUT2D eigenvalue weighted by molar-refractivity contribution is 0.258. The Bertz CT molecular complexity index is 371. The molecule has 0 amide bonds. The molecule has 120 valence electrons. The zero-order valence-electron chi connectivity index (χ0n) is 13.0. The first kappa shape index (κ1) is 17.8. The fourth-order valence-corrected chi connectivity index (χ4v) is 4.18. The molecule has 2 atom stereocenters. The van der Waals surface area contributed by atoms with Gasteiger partial charge in [0.1, 0.15) is 0 Å². The molecule has 20 heavy (non-hydrogen) atoms. The minimum atomic E-state index is -3.39. The van der Waals surface area contributed by atoms with Gasteiger partial charge in [-0.3, -0.25) is 0 Å². The quantitative estimate of drug-likeness (QED) is 0.672. The van der Waals surface area contributed by atoms with Crippen molar-refractivity contribution in [1.82, 2.24) is 13.9 Å². The van der Waals surface area contributed by atoms with Crippen molar-refractivity contribution in [3.63, 3.8) is 0 Å². The maximum Gasteiger partial charge on any atom is 0.279 e. The lowest BCUT2D eigenvalue weighted by atomic mass is 10.0. The summed E-state index contributed by atoms with van der Waals surface area (Å²) in [7, 11) is -3.39. The van der Waals surface area contributed by atoms with E-state index in [1.165, 1.54) is 0 Å². The van der Waals surface area contributed by atoms with E-state index in [0.29, 0.717) is 25.6 Å². The van der Waals surface area contributed by atoms with Crippen LogP contribution in [0.5, 0.6) is 0 Å². The summed E-state index contributed by atoms with van der Waals surface area (Å²) in [5.41, 5.74) is 5.66. The Morgan fingerprint density at radius 3 is 2.60 bits per heavy atom. The van der Waals surface area contributed by atoms with Crippen LogP contribution in [-0.2, 0) is 10.2 Å². The number of hydrogen-bond acceptors (Lipinski definition) is 4. The molecule has 0 saturated carbocycles. The van der Waals surface area contributed by atoms with Crippen molar-refractivity contribution in [1.29, 1.82) is 0 Å². The third-order valence-electron chi connectivity index (χ3n) is 3.93. The van der Waals surface area contributed by atoms with Crippen molar-refractivity contribution >= 4 is 10.2 Å². The van der Waals surface area contributed by atoms with Crippen molar-refractivity contribution in [2.75, 3.05) is 39.3 Å². The van der Waals surface area contributed by atoms with Crippen molar-refractivity contribution < 1.29 is 8.42 Å². The SMILES string of the molecule is CCN(CC)CC(C)NS(=O)(=O)N1CCCC(CN)C1. The van der Waals surface area contributed by atoms with Gasteiger partial charge in [0.15, 0.2) is 0 Å². The van der Waals surface area contributed by atoms with E-state index in [1.807, 2.05) is 6.92 Å². The van der Waals surface area contributed by atoms with Crippen LogP contribution in [0.15, 0.2) is 0 Å². The summed E-state index contributed by atoms with van der Waals surface area (Å²) in [6.45, 7) is 10.4. The first-order valence-electron chi connectivity index (χ1n) is 7.62. The van der Waals surface area contributed by atoms with Crippen molar-refractivity contribution in [2.24, 2.45) is 11.7 Å². The molecule has 0 aromatic heterocycles. The highest BCUT2D eigenvalue weighted by atomic mass is 32.2. The van der Waals surface area contributed by atoms with Gasteiger partial charge in [0, 0.05) is 25.7 Å². The Labute approximate surface area is 123 Å². The molecule has 1 heterocycles. The lowest BCUT2D eigenvalue weighted by Gasteiger charge is -2.32. The van der Waals surface area contributed by atoms with E-state index in [0.717, 1.165) is 32.5 Å². The number of nitrogens with two attached hydrogens (primary N) is 1. The normalized spacial score (nSPS) is 23.1. The molecule has 0 spiro atoms. The molecule has 2 unspecified atom stereocenters. The van der Waals surface area contributed by atoms with Crippen LogP contribution in [0.1, 0.15) is 33.6 Å². The third kappa shape index (κ3) is 5.29. The Kier molecular flexibility index (Phi) is 7.39. The molecule has 0 aromatic carbocycles. The van der Waals surface area contributed by atoms with Gasteiger partial charge in [0.2, 0.25) is 0 Å². The monoisotopic (exact) mass is 306 g/mol. The summed E-state index contributed by atoms with van der Waals surface area (Å²) in [5.74, 6) is 0.290. The van der Waals surface area contributed by atoms with Crippen LogP contribution < -0.4 is 10.5 Å². The second kappa shape index (κ2) is 8.29. The zero-order chi connectivity index (χ0) is 15.2. The van der Waals surface area contributed by atoms with Crippen molar-refractivity contribution in [2.45, 2.75) is 39.7 Å². The first-order chi connectivity index (χ1) is 9.42. The molecule has 0 aliphatic carbocycles. The molecule has 1 fully saturated rings. The zero-order valence-corrected chi connectivity index (χ0v) is 13.8. The van der Waals surface area contributed by atoms with E-state index in [2.05, 4.69) is 23.5 Å². The molecular weight excluding hydrogens is 276 g/mol. The number of hydrogen-bond donors (Lipinski definition) is 2. The maximum atomic E-state index is 12.4. The van der Waals surface area contributed by atoms with Crippen LogP contribution in [0.3, 0.4) is 0 Å². The van der Waals surface area contributed by atoms with Crippen LogP contribution in [-0.4, -0.2) is 62.9 Å². The van der Waals surface area contributed by atoms with Crippen molar-refractivity contribution in [3.8, 4) is 0 Å². The van der Waals surface area contributed by atoms with Crippen LogP contribution in [0.2, 0.25) is 0 Å². The fraction of sp³-hybridized carbons (Fsp3) is 1.00.